The van der Waals surface area contributed by atoms with E-state index in [1.54, 1.807) is 20.2 Å². The number of fused-ring (bicyclic) bond motifs is 3. The summed E-state index contributed by atoms with van der Waals surface area (Å²) in [6, 6.07) is 1.77. The molecule has 1 saturated carbocycles. The number of aromatic hydroxyl groups is 1. The Morgan fingerprint density at radius 3 is 2.53 bits per heavy atom. The van der Waals surface area contributed by atoms with E-state index in [-0.39, 0.29) is 29.7 Å². The Bertz CT molecular complexity index is 1210. The van der Waals surface area contributed by atoms with Crippen LogP contribution in [0.25, 0.3) is 5.76 Å². The van der Waals surface area contributed by atoms with Gasteiger partial charge < -0.3 is 31.0 Å². The number of oxime groups is 1. The van der Waals surface area contributed by atoms with E-state index < -0.39 is 58.0 Å². The smallest absolute Gasteiger partial charge is 0.255 e. The number of aliphatic hydroxyl groups excluding tert-OH is 2. The van der Waals surface area contributed by atoms with E-state index in [4.69, 9.17) is 10.6 Å². The molecule has 180 valence electrons. The van der Waals surface area contributed by atoms with Gasteiger partial charge in [0, 0.05) is 17.1 Å². The average Bonchev–Trinajstić information content (AvgIpc) is 2.75. The monoisotopic (exact) mass is 471 g/mol. The van der Waals surface area contributed by atoms with Crippen molar-refractivity contribution in [3.63, 3.8) is 0 Å². The number of Topliss-reactive ketones (excluding diaryl/α,β-unsaturated/α-hetero) is 2. The van der Waals surface area contributed by atoms with E-state index in [1.165, 1.54) is 24.3 Å². The van der Waals surface area contributed by atoms with Gasteiger partial charge in [0.25, 0.3) is 5.91 Å². The van der Waals surface area contributed by atoms with Crippen molar-refractivity contribution in [1.29, 1.82) is 0 Å². The number of amides is 1. The predicted molar refractivity (Wildman–Crippen MR) is 119 cm³/mol. The zero-order valence-electron chi connectivity index (χ0n) is 18.8. The molecule has 4 atom stereocenters. The summed E-state index contributed by atoms with van der Waals surface area (Å²) in [5.74, 6) is -6.87. The first-order valence-corrected chi connectivity index (χ1v) is 10.5. The van der Waals surface area contributed by atoms with Gasteiger partial charge in [-0.1, -0.05) is 5.16 Å². The first-order valence-electron chi connectivity index (χ1n) is 10.5. The van der Waals surface area contributed by atoms with E-state index >= 15 is 0 Å². The van der Waals surface area contributed by atoms with Crippen LogP contribution in [-0.2, 0) is 25.6 Å². The standard InChI is InChI=1S/C23H25N3O8/c1-26(2)17-12-7-10-6-11-9(8-25-34-3)4-5-13(27)15(11)18(28)14(10)20(30)23(12,33)21(31)16(19(17)29)22(24)32/h4-5,8,10,12,17,27-28,31,33H,6-7H2,1-3H3,(H2,24,32)/b25-8+/t10-,12-,17-,23-/m0/s1. The van der Waals surface area contributed by atoms with Gasteiger partial charge in [0.15, 0.2) is 11.4 Å². The van der Waals surface area contributed by atoms with Crippen LogP contribution in [0, 0.1) is 11.8 Å². The third-order valence-electron chi connectivity index (χ3n) is 6.94. The lowest BCUT2D eigenvalue weighted by molar-refractivity contribution is -0.153. The summed E-state index contributed by atoms with van der Waals surface area (Å²) in [5.41, 5.74) is 2.63. The van der Waals surface area contributed by atoms with E-state index in [9.17, 15) is 34.8 Å². The van der Waals surface area contributed by atoms with Crippen molar-refractivity contribution in [2.75, 3.05) is 21.2 Å². The number of aliphatic hydroxyl groups is 3. The maximum Gasteiger partial charge on any atom is 0.255 e. The number of phenols is 1. The fraction of sp³-hybridized carbons (Fsp3) is 0.391. The summed E-state index contributed by atoms with van der Waals surface area (Å²) >= 11 is 0. The number of likely N-dealkylation sites (N-methyl/N-ethyl adjacent to an activating group) is 1. The Morgan fingerprint density at radius 2 is 1.94 bits per heavy atom. The second-order valence-electron chi connectivity index (χ2n) is 8.91. The molecule has 0 heterocycles. The molecule has 4 rings (SSSR count). The maximum atomic E-state index is 13.7. The molecular formula is C23H25N3O8. The number of rotatable bonds is 4. The largest absolute Gasteiger partial charge is 0.508 e. The molecule has 11 nitrogen and oxygen atoms in total. The Balaban J connectivity index is 1.97. The molecule has 6 N–H and O–H groups in total. The lowest BCUT2D eigenvalue weighted by Gasteiger charge is -2.50. The molecule has 0 unspecified atom stereocenters. The molecule has 0 bridgehead atoms. The third kappa shape index (κ3) is 3.04. The van der Waals surface area contributed by atoms with Crippen molar-refractivity contribution in [3.05, 3.63) is 45.7 Å². The summed E-state index contributed by atoms with van der Waals surface area (Å²) in [6.45, 7) is 0. The first-order chi connectivity index (χ1) is 16.0. The predicted octanol–water partition coefficient (Wildman–Crippen LogP) is -0.0557. The molecule has 0 aliphatic heterocycles. The van der Waals surface area contributed by atoms with Crippen LogP contribution in [0.3, 0.4) is 0 Å². The van der Waals surface area contributed by atoms with Crippen molar-refractivity contribution in [3.8, 4) is 5.75 Å². The van der Waals surface area contributed by atoms with E-state index in [1.807, 2.05) is 0 Å². The van der Waals surface area contributed by atoms with Gasteiger partial charge in [-0.05, 0) is 50.6 Å². The number of benzene rings is 1. The minimum Gasteiger partial charge on any atom is -0.508 e. The van der Waals surface area contributed by atoms with Crippen molar-refractivity contribution in [1.82, 2.24) is 4.90 Å². The van der Waals surface area contributed by atoms with Crippen LogP contribution < -0.4 is 5.73 Å². The summed E-state index contributed by atoms with van der Waals surface area (Å²) in [4.78, 5) is 44.9. The molecule has 0 saturated heterocycles. The van der Waals surface area contributed by atoms with Crippen LogP contribution in [0.15, 0.2) is 34.2 Å². The first kappa shape index (κ1) is 23.5. The van der Waals surface area contributed by atoms with Gasteiger partial charge in [0.2, 0.25) is 5.78 Å². The topological polar surface area (TPSA) is 183 Å². The molecule has 3 aliphatic carbocycles. The second-order valence-corrected chi connectivity index (χ2v) is 8.91. The molecule has 1 aromatic carbocycles. The van der Waals surface area contributed by atoms with Gasteiger partial charge >= 0.3 is 0 Å². The van der Waals surface area contributed by atoms with Gasteiger partial charge in [-0.15, -0.1) is 0 Å². The number of carbonyl (C=O) groups is 3. The molecule has 0 aromatic heterocycles. The normalized spacial score (nSPS) is 28.8. The molecule has 3 aliphatic rings. The summed E-state index contributed by atoms with van der Waals surface area (Å²) in [7, 11) is 4.46. The van der Waals surface area contributed by atoms with Gasteiger partial charge in [-0.25, -0.2) is 0 Å². The number of nitrogens with zero attached hydrogens (tertiary/aromatic N) is 2. The van der Waals surface area contributed by atoms with Gasteiger partial charge in [-0.2, -0.15) is 0 Å². The van der Waals surface area contributed by atoms with Crippen molar-refractivity contribution < 1.29 is 39.6 Å². The van der Waals surface area contributed by atoms with Crippen molar-refractivity contribution in [2.45, 2.75) is 24.5 Å². The number of phenolic OH excluding ortho intramolecular Hbond substituents is 1. The molecule has 1 fully saturated rings. The number of ketones is 2. The molecule has 11 heteroatoms. The Kier molecular flexibility index (Phi) is 5.49. The Labute approximate surface area is 194 Å². The molecule has 1 amide bonds. The van der Waals surface area contributed by atoms with E-state index in [2.05, 4.69) is 5.16 Å². The minimum absolute atomic E-state index is 0.00339. The maximum absolute atomic E-state index is 13.7. The minimum atomic E-state index is -2.66. The van der Waals surface area contributed by atoms with Crippen LogP contribution in [0.2, 0.25) is 0 Å². The van der Waals surface area contributed by atoms with Crippen LogP contribution in [-0.4, -0.2) is 81.9 Å². The zero-order valence-corrected chi connectivity index (χ0v) is 18.8. The van der Waals surface area contributed by atoms with E-state index in [0.29, 0.717) is 11.1 Å². The molecule has 34 heavy (non-hydrogen) atoms. The quantitative estimate of drug-likeness (QED) is 0.228. The van der Waals surface area contributed by atoms with E-state index in [0.717, 1.165) is 0 Å². The SMILES string of the molecule is CO/N=C/c1ccc(O)c2c1C[C@H]1C[C@H]3[C@H](N(C)C)C(=O)C(C(N)=O)=C(O)[C@@]3(O)C(=O)C1=C2O. The molecule has 0 radical (unpaired) electrons. The summed E-state index contributed by atoms with van der Waals surface area (Å²) < 4.78 is 0. The van der Waals surface area contributed by atoms with Crippen molar-refractivity contribution >= 4 is 29.4 Å². The Hall–Kier alpha value is -3.70. The van der Waals surface area contributed by atoms with Gasteiger partial charge in [0.05, 0.1) is 17.8 Å². The number of hydrogen-bond acceptors (Lipinski definition) is 10. The lowest BCUT2D eigenvalue weighted by atomic mass is 9.57. The number of carbonyl (C=O) groups excluding carboxylic acids is 3. The highest BCUT2D eigenvalue weighted by atomic mass is 16.6. The summed E-state index contributed by atoms with van der Waals surface area (Å²) in [5, 5.41) is 47.6. The lowest BCUT2D eigenvalue weighted by Crippen LogP contribution is -2.65. The van der Waals surface area contributed by atoms with Gasteiger partial charge in [0.1, 0.15) is 30.0 Å². The third-order valence-corrected chi connectivity index (χ3v) is 6.94. The number of primary amides is 1. The molecule has 0 spiro atoms. The van der Waals surface area contributed by atoms with Crippen LogP contribution in [0.5, 0.6) is 5.75 Å². The fourth-order valence-corrected chi connectivity index (χ4v) is 5.50. The molecular weight excluding hydrogens is 446 g/mol. The van der Waals surface area contributed by atoms with Crippen LogP contribution in [0.1, 0.15) is 23.1 Å². The highest BCUT2D eigenvalue weighted by molar-refractivity contribution is 6.24. The van der Waals surface area contributed by atoms with Crippen LogP contribution >= 0.6 is 0 Å². The van der Waals surface area contributed by atoms with Gasteiger partial charge in [-0.3, -0.25) is 19.3 Å². The highest BCUT2D eigenvalue weighted by Gasteiger charge is 2.64. The Morgan fingerprint density at radius 1 is 1.26 bits per heavy atom. The second kappa shape index (κ2) is 7.96. The van der Waals surface area contributed by atoms with Crippen molar-refractivity contribution in [2.24, 2.45) is 22.7 Å². The highest BCUT2D eigenvalue weighted by Crippen LogP contribution is 2.52. The number of hydrogen-bond donors (Lipinski definition) is 5. The van der Waals surface area contributed by atoms with Crippen LogP contribution in [0.4, 0.5) is 0 Å². The molecule has 1 aromatic rings. The summed E-state index contributed by atoms with van der Waals surface area (Å²) in [6.07, 6.45) is 1.59. The number of nitrogens with two attached hydrogens (primary N) is 1. The zero-order chi connectivity index (χ0) is 25.1. The average molecular weight is 471 g/mol. The fourth-order valence-electron chi connectivity index (χ4n) is 5.50.